The summed E-state index contributed by atoms with van der Waals surface area (Å²) in [5, 5.41) is 2.78. The summed E-state index contributed by atoms with van der Waals surface area (Å²) in [6, 6.07) is 20.6. The predicted molar refractivity (Wildman–Crippen MR) is 112 cm³/mol. The van der Waals surface area contributed by atoms with Crippen molar-refractivity contribution in [3.05, 3.63) is 65.7 Å². The Bertz CT molecular complexity index is 815. The third-order valence-electron chi connectivity index (χ3n) is 5.19. The maximum atomic E-state index is 2.41. The molecule has 0 aliphatic rings. The van der Waals surface area contributed by atoms with E-state index in [1.54, 1.807) is 0 Å². The van der Waals surface area contributed by atoms with E-state index in [1.807, 2.05) is 0 Å². The number of benzene rings is 2. The fraction of sp³-hybridized carbons (Fsp3) is 0.400. The van der Waals surface area contributed by atoms with E-state index in [0.29, 0.717) is 0 Å². The first-order chi connectivity index (χ1) is 12.0. The molecule has 0 amide bonds. The molecule has 3 rings (SSSR count). The van der Waals surface area contributed by atoms with Gasteiger partial charge in [0.1, 0.15) is 0 Å². The van der Waals surface area contributed by atoms with E-state index in [4.69, 9.17) is 0 Å². The number of rotatable bonds is 6. The molecule has 0 atom stereocenters. The van der Waals surface area contributed by atoms with Gasteiger partial charge in [-0.2, -0.15) is 6.07 Å². The first-order valence-electron chi connectivity index (χ1n) is 9.78. The van der Waals surface area contributed by atoms with Gasteiger partial charge in [-0.1, -0.05) is 89.3 Å². The van der Waals surface area contributed by atoms with E-state index in [0.717, 1.165) is 0 Å². The van der Waals surface area contributed by atoms with E-state index < -0.39 is 0 Å². The van der Waals surface area contributed by atoms with Gasteiger partial charge in [0.25, 0.3) is 0 Å². The molecule has 0 saturated heterocycles. The molecule has 0 fully saturated rings. The Kier molecular flexibility index (Phi) is 7.54. The van der Waals surface area contributed by atoms with Crippen LogP contribution in [0.1, 0.15) is 64.5 Å². The van der Waals surface area contributed by atoms with Gasteiger partial charge in [0.15, 0.2) is 0 Å². The standard InChI is InChI=1S/C25H31.Zr/c1-5-6-7-8-10-19-17-21-11-9-12-23(24(21)18-19)20-13-15-22(16-14-20)25(2,3)4;/h9,11-18H,5-8,10H2,1-4H3;/q-1;. The molecule has 0 saturated carbocycles. The van der Waals surface area contributed by atoms with Gasteiger partial charge >= 0.3 is 0 Å². The van der Waals surface area contributed by atoms with Gasteiger partial charge in [-0.25, -0.2) is 0 Å². The van der Waals surface area contributed by atoms with E-state index in [2.05, 4.69) is 82.3 Å². The summed E-state index contributed by atoms with van der Waals surface area (Å²) >= 11 is 0. The largest absolute Gasteiger partial charge is 0.164 e. The summed E-state index contributed by atoms with van der Waals surface area (Å²) in [4.78, 5) is 0. The minimum atomic E-state index is 0. The Morgan fingerprint density at radius 2 is 1.62 bits per heavy atom. The molecule has 1 heteroatoms. The van der Waals surface area contributed by atoms with Crippen molar-refractivity contribution in [2.45, 2.75) is 65.2 Å². The number of hydrogen-bond acceptors (Lipinski definition) is 0. The Morgan fingerprint density at radius 3 is 2.27 bits per heavy atom. The zero-order valence-electron chi connectivity index (χ0n) is 16.7. The molecule has 0 aliphatic carbocycles. The quantitative estimate of drug-likeness (QED) is 0.283. The zero-order chi connectivity index (χ0) is 17.9. The first kappa shape index (κ1) is 21.2. The molecule has 3 aromatic rings. The maximum absolute atomic E-state index is 2.41. The van der Waals surface area contributed by atoms with Crippen LogP contribution in [0.2, 0.25) is 0 Å². The van der Waals surface area contributed by atoms with Crippen LogP contribution < -0.4 is 0 Å². The number of fused-ring (bicyclic) bond motifs is 1. The van der Waals surface area contributed by atoms with Crippen molar-refractivity contribution in [1.82, 2.24) is 0 Å². The van der Waals surface area contributed by atoms with Crippen LogP contribution in [0.15, 0.2) is 54.6 Å². The van der Waals surface area contributed by atoms with Gasteiger partial charge in [0.05, 0.1) is 0 Å². The van der Waals surface area contributed by atoms with Crippen molar-refractivity contribution < 1.29 is 26.2 Å². The molecule has 0 N–H and O–H groups in total. The summed E-state index contributed by atoms with van der Waals surface area (Å²) in [6.45, 7) is 9.08. The van der Waals surface area contributed by atoms with Crippen LogP contribution >= 0.6 is 0 Å². The summed E-state index contributed by atoms with van der Waals surface area (Å²) in [7, 11) is 0. The molecule has 0 aliphatic heterocycles. The smallest absolute Gasteiger partial charge is 0 e. The molecular formula is C25H31Zr-. The number of hydrogen-bond donors (Lipinski definition) is 0. The molecule has 0 unspecified atom stereocenters. The zero-order valence-corrected chi connectivity index (χ0v) is 19.2. The average Bonchev–Trinajstić information content (AvgIpc) is 3.01. The van der Waals surface area contributed by atoms with E-state index >= 15 is 0 Å². The second-order valence-electron chi connectivity index (χ2n) is 8.31. The number of unbranched alkanes of at least 4 members (excludes halogenated alkanes) is 3. The van der Waals surface area contributed by atoms with Crippen molar-refractivity contribution in [1.29, 1.82) is 0 Å². The van der Waals surface area contributed by atoms with E-state index in [-0.39, 0.29) is 31.6 Å². The Labute approximate surface area is 178 Å². The van der Waals surface area contributed by atoms with Crippen LogP contribution in [0.4, 0.5) is 0 Å². The summed E-state index contributed by atoms with van der Waals surface area (Å²) in [5.41, 5.74) is 5.77. The van der Waals surface area contributed by atoms with Crippen LogP contribution in [0, 0.1) is 0 Å². The van der Waals surface area contributed by atoms with Crippen LogP contribution in [0.25, 0.3) is 21.9 Å². The van der Waals surface area contributed by atoms with Gasteiger partial charge in [-0.15, -0.1) is 34.5 Å². The molecule has 26 heavy (non-hydrogen) atoms. The average molecular weight is 423 g/mol. The molecule has 0 radical (unpaired) electrons. The van der Waals surface area contributed by atoms with Crippen molar-refractivity contribution in [3.8, 4) is 11.1 Å². The second kappa shape index (κ2) is 9.23. The van der Waals surface area contributed by atoms with Gasteiger partial charge in [-0.05, 0) is 23.0 Å². The summed E-state index contributed by atoms with van der Waals surface area (Å²) < 4.78 is 0. The van der Waals surface area contributed by atoms with Crippen molar-refractivity contribution in [3.63, 3.8) is 0 Å². The molecule has 0 aromatic heterocycles. The van der Waals surface area contributed by atoms with Crippen LogP contribution in [0.5, 0.6) is 0 Å². The van der Waals surface area contributed by atoms with E-state index in [9.17, 15) is 0 Å². The van der Waals surface area contributed by atoms with Gasteiger partial charge < -0.3 is 0 Å². The fourth-order valence-electron chi connectivity index (χ4n) is 3.60. The Balaban J connectivity index is 0.00000243. The minimum absolute atomic E-state index is 0. The van der Waals surface area contributed by atoms with Crippen LogP contribution in [-0.4, -0.2) is 0 Å². The Hall–Kier alpha value is -1.07. The summed E-state index contributed by atoms with van der Waals surface area (Å²) in [5.74, 6) is 0. The number of aryl methyl sites for hydroxylation is 1. The Morgan fingerprint density at radius 1 is 0.885 bits per heavy atom. The molecule has 0 nitrogen and oxygen atoms in total. The van der Waals surface area contributed by atoms with Gasteiger partial charge in [0.2, 0.25) is 0 Å². The molecular weight excluding hydrogens is 391 g/mol. The molecule has 3 aromatic carbocycles. The van der Waals surface area contributed by atoms with Gasteiger partial charge in [0, 0.05) is 26.2 Å². The first-order valence-corrected chi connectivity index (χ1v) is 9.78. The molecule has 136 valence electrons. The van der Waals surface area contributed by atoms with Crippen molar-refractivity contribution in [2.75, 3.05) is 0 Å². The van der Waals surface area contributed by atoms with Gasteiger partial charge in [-0.3, -0.25) is 0 Å². The summed E-state index contributed by atoms with van der Waals surface area (Å²) in [6.07, 6.45) is 6.51. The fourth-order valence-corrected chi connectivity index (χ4v) is 3.60. The van der Waals surface area contributed by atoms with Crippen molar-refractivity contribution in [2.24, 2.45) is 0 Å². The SMILES string of the molecule is CCCCCCc1cc2c(-c3ccc(C(C)(C)C)cc3)cccc2[cH-]1.[Zr]. The van der Waals surface area contributed by atoms with Crippen LogP contribution in [-0.2, 0) is 38.0 Å². The second-order valence-corrected chi connectivity index (χ2v) is 8.31. The third-order valence-corrected chi connectivity index (χ3v) is 5.19. The third kappa shape index (κ3) is 5.01. The minimum Gasteiger partial charge on any atom is -0.164 e. The topological polar surface area (TPSA) is 0 Å². The normalized spacial score (nSPS) is 11.5. The predicted octanol–water partition coefficient (Wildman–Crippen LogP) is 7.64. The molecule has 0 heterocycles. The van der Waals surface area contributed by atoms with E-state index in [1.165, 1.54) is 65.1 Å². The molecule has 0 spiro atoms. The van der Waals surface area contributed by atoms with Crippen LogP contribution in [0.3, 0.4) is 0 Å². The van der Waals surface area contributed by atoms with Crippen molar-refractivity contribution >= 4 is 10.8 Å². The molecule has 0 bridgehead atoms. The monoisotopic (exact) mass is 421 g/mol. The maximum Gasteiger partial charge on any atom is 0 e.